The lowest BCUT2D eigenvalue weighted by Gasteiger charge is -2.16. The van der Waals surface area contributed by atoms with Crippen molar-refractivity contribution >= 4 is 11.7 Å². The van der Waals surface area contributed by atoms with E-state index < -0.39 is 0 Å². The maximum atomic E-state index is 13.6. The van der Waals surface area contributed by atoms with Crippen LogP contribution in [0.5, 0.6) is 5.75 Å². The SMILES string of the molecule is COC(=O)[C@@H]1CC[C@H](c2ccc(OCc3ccccc3F)c(N)c2)N1. The van der Waals surface area contributed by atoms with Crippen LogP contribution in [0.3, 0.4) is 0 Å². The van der Waals surface area contributed by atoms with E-state index in [1.54, 1.807) is 24.3 Å². The van der Waals surface area contributed by atoms with Crippen LogP contribution in [0.25, 0.3) is 0 Å². The molecule has 2 aromatic carbocycles. The van der Waals surface area contributed by atoms with E-state index in [4.69, 9.17) is 15.2 Å². The number of carbonyl (C=O) groups is 1. The molecule has 2 aromatic rings. The Kier molecular flexibility index (Phi) is 5.19. The van der Waals surface area contributed by atoms with Gasteiger partial charge in [-0.25, -0.2) is 4.39 Å². The van der Waals surface area contributed by atoms with Crippen LogP contribution in [-0.4, -0.2) is 19.1 Å². The number of nitrogens with one attached hydrogen (secondary N) is 1. The monoisotopic (exact) mass is 344 g/mol. The molecule has 3 N–H and O–H groups in total. The zero-order valence-electron chi connectivity index (χ0n) is 14.0. The number of nitrogens with two attached hydrogens (primary N) is 1. The van der Waals surface area contributed by atoms with Crippen LogP contribution in [0, 0.1) is 5.82 Å². The third-order valence-corrected chi connectivity index (χ3v) is 4.41. The summed E-state index contributed by atoms with van der Waals surface area (Å²) in [6.45, 7) is 0.113. The predicted octanol–water partition coefficient (Wildman–Crippen LogP) is 2.95. The van der Waals surface area contributed by atoms with Gasteiger partial charge in [0.15, 0.2) is 0 Å². The van der Waals surface area contributed by atoms with Crippen molar-refractivity contribution in [2.45, 2.75) is 31.5 Å². The van der Waals surface area contributed by atoms with Gasteiger partial charge in [-0.15, -0.1) is 0 Å². The molecular weight excluding hydrogens is 323 g/mol. The quantitative estimate of drug-likeness (QED) is 0.644. The van der Waals surface area contributed by atoms with Gasteiger partial charge in [0, 0.05) is 11.6 Å². The first-order valence-corrected chi connectivity index (χ1v) is 8.18. The molecule has 0 saturated carbocycles. The normalized spacial score (nSPS) is 19.6. The average molecular weight is 344 g/mol. The molecule has 0 spiro atoms. The van der Waals surface area contributed by atoms with Crippen LogP contribution < -0.4 is 15.8 Å². The first kappa shape index (κ1) is 17.2. The Balaban J connectivity index is 1.65. The summed E-state index contributed by atoms with van der Waals surface area (Å²) in [5.74, 6) is -0.0449. The third kappa shape index (κ3) is 3.91. The van der Waals surface area contributed by atoms with Crippen molar-refractivity contribution in [2.75, 3.05) is 12.8 Å². The molecule has 6 heteroatoms. The Morgan fingerprint density at radius 1 is 1.28 bits per heavy atom. The van der Waals surface area contributed by atoms with Gasteiger partial charge in [0.05, 0.1) is 12.8 Å². The highest BCUT2D eigenvalue weighted by molar-refractivity contribution is 5.76. The average Bonchev–Trinajstić information content (AvgIpc) is 3.11. The minimum atomic E-state index is -0.304. The Morgan fingerprint density at radius 3 is 2.80 bits per heavy atom. The summed E-state index contributed by atoms with van der Waals surface area (Å²) in [6, 6.07) is 11.7. The van der Waals surface area contributed by atoms with Crippen molar-refractivity contribution < 1.29 is 18.7 Å². The molecule has 132 valence electrons. The first-order chi connectivity index (χ1) is 12.1. The summed E-state index contributed by atoms with van der Waals surface area (Å²) in [5.41, 5.74) is 8.02. The molecule has 1 aliphatic rings. The fraction of sp³-hybridized carbons (Fsp3) is 0.316. The molecule has 0 aromatic heterocycles. The van der Waals surface area contributed by atoms with E-state index in [1.165, 1.54) is 13.2 Å². The van der Waals surface area contributed by atoms with Gasteiger partial charge in [-0.2, -0.15) is 0 Å². The van der Waals surface area contributed by atoms with Crippen molar-refractivity contribution in [2.24, 2.45) is 0 Å². The number of ether oxygens (including phenoxy) is 2. The highest BCUT2D eigenvalue weighted by atomic mass is 19.1. The van der Waals surface area contributed by atoms with E-state index in [2.05, 4.69) is 5.32 Å². The van der Waals surface area contributed by atoms with Crippen LogP contribution in [-0.2, 0) is 16.1 Å². The van der Waals surface area contributed by atoms with E-state index >= 15 is 0 Å². The van der Waals surface area contributed by atoms with E-state index in [9.17, 15) is 9.18 Å². The van der Waals surface area contributed by atoms with E-state index in [0.717, 1.165) is 18.4 Å². The molecule has 3 rings (SSSR count). The van der Waals surface area contributed by atoms with E-state index in [-0.39, 0.29) is 30.5 Å². The van der Waals surface area contributed by atoms with Crippen LogP contribution in [0.4, 0.5) is 10.1 Å². The van der Waals surface area contributed by atoms with E-state index in [0.29, 0.717) is 17.0 Å². The number of hydrogen-bond donors (Lipinski definition) is 2. The van der Waals surface area contributed by atoms with Gasteiger partial charge < -0.3 is 15.2 Å². The van der Waals surface area contributed by atoms with Gasteiger partial charge in [-0.3, -0.25) is 10.1 Å². The van der Waals surface area contributed by atoms with Crippen LogP contribution >= 0.6 is 0 Å². The lowest BCUT2D eigenvalue weighted by molar-refractivity contribution is -0.142. The zero-order chi connectivity index (χ0) is 17.8. The number of anilines is 1. The fourth-order valence-corrected chi connectivity index (χ4v) is 3.02. The topological polar surface area (TPSA) is 73.6 Å². The smallest absolute Gasteiger partial charge is 0.322 e. The number of nitrogen functional groups attached to an aromatic ring is 1. The van der Waals surface area contributed by atoms with Crippen molar-refractivity contribution in [3.8, 4) is 5.75 Å². The maximum Gasteiger partial charge on any atom is 0.322 e. The molecule has 1 saturated heterocycles. The van der Waals surface area contributed by atoms with Crippen molar-refractivity contribution in [1.82, 2.24) is 5.32 Å². The van der Waals surface area contributed by atoms with Crippen molar-refractivity contribution in [1.29, 1.82) is 0 Å². The number of benzene rings is 2. The Morgan fingerprint density at radius 2 is 2.08 bits per heavy atom. The summed E-state index contributed by atoms with van der Waals surface area (Å²) >= 11 is 0. The molecule has 0 unspecified atom stereocenters. The molecule has 1 heterocycles. The first-order valence-electron chi connectivity index (χ1n) is 8.18. The molecule has 1 fully saturated rings. The summed E-state index contributed by atoms with van der Waals surface area (Å²) in [6.07, 6.45) is 1.55. The van der Waals surface area contributed by atoms with Gasteiger partial charge in [-0.05, 0) is 36.6 Å². The van der Waals surface area contributed by atoms with Crippen LogP contribution in [0.1, 0.15) is 30.0 Å². The molecule has 0 bridgehead atoms. The summed E-state index contributed by atoms with van der Waals surface area (Å²) in [7, 11) is 1.39. The summed E-state index contributed by atoms with van der Waals surface area (Å²) in [5, 5.41) is 3.25. The second-order valence-corrected chi connectivity index (χ2v) is 6.05. The Hall–Kier alpha value is -2.60. The van der Waals surface area contributed by atoms with Gasteiger partial charge in [0.25, 0.3) is 0 Å². The molecule has 0 aliphatic carbocycles. The second kappa shape index (κ2) is 7.53. The van der Waals surface area contributed by atoms with Crippen molar-refractivity contribution in [3.63, 3.8) is 0 Å². The van der Waals surface area contributed by atoms with Gasteiger partial charge in [-0.1, -0.05) is 24.3 Å². The molecule has 0 amide bonds. The number of rotatable bonds is 5. The number of methoxy groups -OCH3 is 1. The summed E-state index contributed by atoms with van der Waals surface area (Å²) < 4.78 is 24.0. The van der Waals surface area contributed by atoms with Crippen LogP contribution in [0.15, 0.2) is 42.5 Å². The predicted molar refractivity (Wildman–Crippen MR) is 92.5 cm³/mol. The number of esters is 1. The fourth-order valence-electron chi connectivity index (χ4n) is 3.02. The third-order valence-electron chi connectivity index (χ3n) is 4.41. The minimum absolute atomic E-state index is 0.0482. The molecule has 25 heavy (non-hydrogen) atoms. The number of halogens is 1. The lowest BCUT2D eigenvalue weighted by atomic mass is 10.0. The molecule has 2 atom stereocenters. The second-order valence-electron chi connectivity index (χ2n) is 6.05. The van der Waals surface area contributed by atoms with Crippen LogP contribution in [0.2, 0.25) is 0 Å². The standard InChI is InChI=1S/C19H21FN2O3/c1-24-19(23)17-8-7-16(22-17)12-6-9-18(15(21)10-12)25-11-13-4-2-3-5-14(13)20/h2-6,9-10,16-17,22H,7-8,11,21H2,1H3/t16-,17+/m1/s1. The molecule has 0 radical (unpaired) electrons. The minimum Gasteiger partial charge on any atom is -0.487 e. The Labute approximate surface area is 145 Å². The summed E-state index contributed by atoms with van der Waals surface area (Å²) in [4.78, 5) is 11.6. The lowest BCUT2D eigenvalue weighted by Crippen LogP contribution is -2.33. The molecular formula is C19H21FN2O3. The van der Waals surface area contributed by atoms with Gasteiger partial charge in [0.1, 0.15) is 24.2 Å². The Bertz CT molecular complexity index is 766. The zero-order valence-corrected chi connectivity index (χ0v) is 14.0. The van der Waals surface area contributed by atoms with Crippen molar-refractivity contribution in [3.05, 3.63) is 59.4 Å². The molecule has 1 aliphatic heterocycles. The largest absolute Gasteiger partial charge is 0.487 e. The maximum absolute atomic E-state index is 13.6. The number of carbonyl (C=O) groups excluding carboxylic acids is 1. The van der Waals surface area contributed by atoms with E-state index in [1.807, 2.05) is 12.1 Å². The van der Waals surface area contributed by atoms with Gasteiger partial charge >= 0.3 is 5.97 Å². The molecule has 5 nitrogen and oxygen atoms in total. The van der Waals surface area contributed by atoms with Gasteiger partial charge in [0.2, 0.25) is 0 Å². The highest BCUT2D eigenvalue weighted by Crippen LogP contribution is 2.32. The number of hydrogen-bond acceptors (Lipinski definition) is 5. The highest BCUT2D eigenvalue weighted by Gasteiger charge is 2.30.